The minimum Gasteiger partial charge on any atom is -0.321 e. The molecule has 2 nitrogen and oxygen atoms in total. The van der Waals surface area contributed by atoms with E-state index in [1.165, 1.54) is 0 Å². The van der Waals surface area contributed by atoms with Crippen molar-refractivity contribution in [1.29, 1.82) is 0 Å². The lowest BCUT2D eigenvalue weighted by molar-refractivity contribution is 0.783. The molecule has 2 N–H and O–H groups in total. The first-order valence-electron chi connectivity index (χ1n) is 2.07. The first-order chi connectivity index (χ1) is 2.80. The van der Waals surface area contributed by atoms with Crippen LogP contribution in [-0.2, 0) is 0 Å². The smallest absolute Gasteiger partial charge is 0.0621 e. The number of hydrogen-bond acceptors (Lipinski definition) is 2. The fraction of sp³-hybridized carbons (Fsp3) is 0.750. The Bertz CT molecular complexity index is 85.5. The van der Waals surface area contributed by atoms with E-state index in [1.807, 2.05) is 6.92 Å². The van der Waals surface area contributed by atoms with Gasteiger partial charge in [0, 0.05) is 5.71 Å². The number of rotatable bonds is 0. The Kier molecular flexibility index (Phi) is 0.665. The molecule has 1 aliphatic heterocycles. The highest BCUT2D eigenvalue weighted by atomic mass is 14.9. The van der Waals surface area contributed by atoms with E-state index in [2.05, 4.69) is 4.99 Å². The fourth-order valence-electron chi connectivity index (χ4n) is 0.379. The van der Waals surface area contributed by atoms with Crippen molar-refractivity contribution < 1.29 is 0 Å². The molecule has 0 bridgehead atoms. The summed E-state index contributed by atoms with van der Waals surface area (Å²) in [5.74, 6) is 0. The monoisotopic (exact) mass is 84.1 g/mol. The van der Waals surface area contributed by atoms with E-state index in [4.69, 9.17) is 5.73 Å². The summed E-state index contributed by atoms with van der Waals surface area (Å²) in [6.07, 6.45) is 0. The highest BCUT2D eigenvalue weighted by molar-refractivity contribution is 5.91. The van der Waals surface area contributed by atoms with Gasteiger partial charge in [0.2, 0.25) is 0 Å². The maximum atomic E-state index is 5.39. The lowest BCUT2D eigenvalue weighted by atomic mass is 10.1. The normalized spacial score (nSPS) is 31.7. The maximum Gasteiger partial charge on any atom is 0.0621 e. The van der Waals surface area contributed by atoms with Gasteiger partial charge in [0.1, 0.15) is 0 Å². The predicted octanol–water partition coefficient (Wildman–Crippen LogP) is -0.212. The fourth-order valence-corrected chi connectivity index (χ4v) is 0.379. The van der Waals surface area contributed by atoms with Crippen LogP contribution in [0.4, 0.5) is 0 Å². The van der Waals surface area contributed by atoms with Crippen LogP contribution < -0.4 is 5.73 Å². The molecule has 1 atom stereocenters. The van der Waals surface area contributed by atoms with Crippen molar-refractivity contribution in [3.8, 4) is 0 Å². The topological polar surface area (TPSA) is 38.4 Å². The first-order valence-corrected chi connectivity index (χ1v) is 2.07. The lowest BCUT2D eigenvalue weighted by Crippen LogP contribution is -2.39. The van der Waals surface area contributed by atoms with E-state index >= 15 is 0 Å². The molecule has 1 aliphatic rings. The highest BCUT2D eigenvalue weighted by Gasteiger charge is 2.11. The SMILES string of the molecule is CC1=NCC1N. The molecular weight excluding hydrogens is 76.1 g/mol. The zero-order chi connectivity index (χ0) is 4.57. The first kappa shape index (κ1) is 3.81. The van der Waals surface area contributed by atoms with Gasteiger partial charge >= 0.3 is 0 Å². The van der Waals surface area contributed by atoms with Crippen LogP contribution in [0, 0.1) is 0 Å². The molecule has 1 rings (SSSR count). The molecular formula is C4H8N2. The van der Waals surface area contributed by atoms with E-state index in [0.717, 1.165) is 12.3 Å². The molecule has 0 amide bonds. The highest BCUT2D eigenvalue weighted by Crippen LogP contribution is 1.96. The molecule has 0 aromatic carbocycles. The maximum absolute atomic E-state index is 5.39. The van der Waals surface area contributed by atoms with Crippen LogP contribution in [0.15, 0.2) is 4.99 Å². The van der Waals surface area contributed by atoms with E-state index in [0.29, 0.717) is 0 Å². The van der Waals surface area contributed by atoms with Crippen molar-refractivity contribution in [2.24, 2.45) is 10.7 Å². The van der Waals surface area contributed by atoms with Gasteiger partial charge in [-0.15, -0.1) is 0 Å². The molecule has 0 aromatic rings. The molecule has 0 saturated heterocycles. The molecule has 0 fully saturated rings. The summed E-state index contributed by atoms with van der Waals surface area (Å²) in [6, 6.07) is 0.282. The van der Waals surface area contributed by atoms with Gasteiger partial charge in [-0.2, -0.15) is 0 Å². The van der Waals surface area contributed by atoms with E-state index in [-0.39, 0.29) is 6.04 Å². The van der Waals surface area contributed by atoms with Gasteiger partial charge in [-0.1, -0.05) is 0 Å². The average molecular weight is 84.1 g/mol. The summed E-state index contributed by atoms with van der Waals surface area (Å²) in [5.41, 5.74) is 6.48. The summed E-state index contributed by atoms with van der Waals surface area (Å²) in [7, 11) is 0. The Morgan fingerprint density at radius 2 is 2.50 bits per heavy atom. The second-order valence-electron chi connectivity index (χ2n) is 1.59. The zero-order valence-corrected chi connectivity index (χ0v) is 3.81. The Morgan fingerprint density at radius 1 is 2.00 bits per heavy atom. The van der Waals surface area contributed by atoms with Crippen molar-refractivity contribution in [1.82, 2.24) is 0 Å². The van der Waals surface area contributed by atoms with Crippen molar-refractivity contribution in [2.75, 3.05) is 6.54 Å². The summed E-state index contributed by atoms with van der Waals surface area (Å²) >= 11 is 0. The number of hydrogen-bond donors (Lipinski definition) is 1. The second-order valence-corrected chi connectivity index (χ2v) is 1.59. The molecule has 0 aliphatic carbocycles. The predicted molar refractivity (Wildman–Crippen MR) is 26.0 cm³/mol. The third-order valence-corrected chi connectivity index (χ3v) is 1.07. The Labute approximate surface area is 37.1 Å². The van der Waals surface area contributed by atoms with Crippen LogP contribution in [-0.4, -0.2) is 18.3 Å². The van der Waals surface area contributed by atoms with Crippen LogP contribution in [0.2, 0.25) is 0 Å². The largest absolute Gasteiger partial charge is 0.321 e. The van der Waals surface area contributed by atoms with Crippen molar-refractivity contribution in [3.05, 3.63) is 0 Å². The van der Waals surface area contributed by atoms with Crippen LogP contribution in [0.25, 0.3) is 0 Å². The zero-order valence-electron chi connectivity index (χ0n) is 3.81. The van der Waals surface area contributed by atoms with Crippen molar-refractivity contribution >= 4 is 5.71 Å². The van der Waals surface area contributed by atoms with Crippen molar-refractivity contribution in [3.63, 3.8) is 0 Å². The quantitative estimate of drug-likeness (QED) is 0.433. The van der Waals surface area contributed by atoms with Gasteiger partial charge in [-0.05, 0) is 6.92 Å². The summed E-state index contributed by atoms with van der Waals surface area (Å²) < 4.78 is 0. The van der Waals surface area contributed by atoms with Crippen LogP contribution in [0.3, 0.4) is 0 Å². The Hall–Kier alpha value is -0.370. The number of nitrogens with two attached hydrogens (primary N) is 1. The average Bonchev–Trinajstić information content (AvgIpc) is 1.61. The molecule has 0 aromatic heterocycles. The van der Waals surface area contributed by atoms with Gasteiger partial charge in [0.15, 0.2) is 0 Å². The van der Waals surface area contributed by atoms with Gasteiger partial charge in [-0.3, -0.25) is 4.99 Å². The van der Waals surface area contributed by atoms with E-state index in [1.54, 1.807) is 0 Å². The standard InChI is InChI=1S/C4H8N2/c1-3-4(5)2-6-3/h4H,2,5H2,1H3. The van der Waals surface area contributed by atoms with Crippen LogP contribution in [0.5, 0.6) is 0 Å². The molecule has 6 heavy (non-hydrogen) atoms. The molecule has 1 unspecified atom stereocenters. The Balaban J connectivity index is 2.51. The summed E-state index contributed by atoms with van der Waals surface area (Å²) in [4.78, 5) is 3.94. The van der Waals surface area contributed by atoms with Crippen LogP contribution in [0.1, 0.15) is 6.92 Å². The molecule has 2 heteroatoms. The number of aliphatic imine (C=N–C) groups is 1. The van der Waals surface area contributed by atoms with E-state index in [9.17, 15) is 0 Å². The molecule has 0 spiro atoms. The van der Waals surface area contributed by atoms with Crippen molar-refractivity contribution in [2.45, 2.75) is 13.0 Å². The van der Waals surface area contributed by atoms with Gasteiger partial charge < -0.3 is 5.73 Å². The minimum absolute atomic E-state index is 0.282. The second kappa shape index (κ2) is 1.05. The third-order valence-electron chi connectivity index (χ3n) is 1.07. The van der Waals surface area contributed by atoms with Crippen LogP contribution >= 0.6 is 0 Å². The molecule has 34 valence electrons. The van der Waals surface area contributed by atoms with E-state index < -0.39 is 0 Å². The lowest BCUT2D eigenvalue weighted by Gasteiger charge is -2.16. The Morgan fingerprint density at radius 3 is 2.50 bits per heavy atom. The summed E-state index contributed by atoms with van der Waals surface area (Å²) in [5, 5.41) is 0. The molecule has 0 saturated carbocycles. The molecule has 0 radical (unpaired) electrons. The molecule has 1 heterocycles. The van der Waals surface area contributed by atoms with Gasteiger partial charge in [-0.25, -0.2) is 0 Å². The van der Waals surface area contributed by atoms with Gasteiger partial charge in [0.05, 0.1) is 12.6 Å². The minimum atomic E-state index is 0.282. The summed E-state index contributed by atoms with van der Waals surface area (Å²) in [6.45, 7) is 2.79. The third kappa shape index (κ3) is 0.337. The van der Waals surface area contributed by atoms with Gasteiger partial charge in [0.25, 0.3) is 0 Å². The number of nitrogens with zero attached hydrogens (tertiary/aromatic N) is 1.